The van der Waals surface area contributed by atoms with Crippen LogP contribution in [0.15, 0.2) is 16.5 Å². The molecular formula is C16H22ClN3O. The maximum atomic E-state index is 6.17. The van der Waals surface area contributed by atoms with Crippen LogP contribution in [0.2, 0.25) is 5.02 Å². The number of piperazine rings is 1. The summed E-state index contributed by atoms with van der Waals surface area (Å²) in [6.07, 6.45) is 0.890. The molecule has 2 aromatic rings. The Morgan fingerprint density at radius 1 is 1.48 bits per heavy atom. The van der Waals surface area contributed by atoms with Gasteiger partial charge in [0, 0.05) is 30.7 Å². The standard InChI is InChI=1S/C16H22ClN3O/c1-4-11-7-12(17)8-13-15(11)21-16(19-13)20-6-5-18-9-14(20)10(2)3/h7-8,10,14,18H,4-6,9H2,1-3H3. The van der Waals surface area contributed by atoms with Gasteiger partial charge in [-0.05, 0) is 30.0 Å². The lowest BCUT2D eigenvalue weighted by atomic mass is 10.0. The van der Waals surface area contributed by atoms with E-state index in [1.807, 2.05) is 12.1 Å². The average molecular weight is 308 g/mol. The number of aryl methyl sites for hydroxylation is 1. The Balaban J connectivity index is 2.03. The Hall–Kier alpha value is -1.26. The van der Waals surface area contributed by atoms with Crippen LogP contribution in [0.3, 0.4) is 0 Å². The monoisotopic (exact) mass is 307 g/mol. The van der Waals surface area contributed by atoms with Crippen LogP contribution in [0.25, 0.3) is 11.1 Å². The summed E-state index contributed by atoms with van der Waals surface area (Å²) in [6, 6.07) is 4.99. The van der Waals surface area contributed by atoms with E-state index in [9.17, 15) is 0 Å². The molecule has 0 saturated carbocycles. The van der Waals surface area contributed by atoms with Gasteiger partial charge in [0.05, 0.1) is 0 Å². The van der Waals surface area contributed by atoms with Crippen LogP contribution in [0.5, 0.6) is 0 Å². The minimum absolute atomic E-state index is 0.410. The Morgan fingerprint density at radius 3 is 3.00 bits per heavy atom. The number of hydrogen-bond donors (Lipinski definition) is 1. The Morgan fingerprint density at radius 2 is 2.29 bits per heavy atom. The molecule has 1 fully saturated rings. The van der Waals surface area contributed by atoms with Crippen LogP contribution in [-0.4, -0.2) is 30.7 Å². The van der Waals surface area contributed by atoms with Gasteiger partial charge in [0.15, 0.2) is 5.58 Å². The van der Waals surface area contributed by atoms with E-state index in [0.29, 0.717) is 12.0 Å². The maximum Gasteiger partial charge on any atom is 0.298 e. The molecule has 0 bridgehead atoms. The molecule has 0 amide bonds. The second-order valence-corrected chi connectivity index (χ2v) is 6.41. The van der Waals surface area contributed by atoms with Crippen molar-refractivity contribution < 1.29 is 4.42 Å². The lowest BCUT2D eigenvalue weighted by molar-refractivity contribution is 0.368. The smallest absolute Gasteiger partial charge is 0.298 e. The quantitative estimate of drug-likeness (QED) is 0.942. The fraction of sp³-hybridized carbons (Fsp3) is 0.562. The first-order valence-corrected chi connectivity index (χ1v) is 8.04. The number of anilines is 1. The second kappa shape index (κ2) is 5.85. The van der Waals surface area contributed by atoms with E-state index in [-0.39, 0.29) is 0 Å². The molecule has 0 radical (unpaired) electrons. The van der Waals surface area contributed by atoms with Crippen molar-refractivity contribution >= 4 is 28.7 Å². The highest BCUT2D eigenvalue weighted by Gasteiger charge is 2.28. The van der Waals surface area contributed by atoms with Crippen molar-refractivity contribution in [2.24, 2.45) is 5.92 Å². The third-order valence-corrected chi connectivity index (χ3v) is 4.42. The fourth-order valence-corrected chi connectivity index (χ4v) is 3.23. The van der Waals surface area contributed by atoms with Crippen molar-refractivity contribution in [2.75, 3.05) is 24.5 Å². The fourth-order valence-electron chi connectivity index (χ4n) is 3.00. The molecular weight excluding hydrogens is 286 g/mol. The first-order chi connectivity index (χ1) is 10.1. The number of oxazole rings is 1. The number of benzene rings is 1. The van der Waals surface area contributed by atoms with E-state index in [0.717, 1.165) is 53.8 Å². The molecule has 1 atom stereocenters. The Labute approximate surface area is 130 Å². The summed E-state index contributed by atoms with van der Waals surface area (Å²) < 4.78 is 6.09. The number of nitrogens with one attached hydrogen (secondary N) is 1. The molecule has 1 aromatic carbocycles. The summed E-state index contributed by atoms with van der Waals surface area (Å²) in [5, 5.41) is 4.17. The molecule has 1 aromatic heterocycles. The van der Waals surface area contributed by atoms with Gasteiger partial charge in [0.2, 0.25) is 0 Å². The molecule has 4 nitrogen and oxygen atoms in total. The van der Waals surface area contributed by atoms with Gasteiger partial charge in [-0.3, -0.25) is 0 Å². The zero-order valence-corrected chi connectivity index (χ0v) is 13.6. The summed E-state index contributed by atoms with van der Waals surface area (Å²) in [6.45, 7) is 9.43. The molecule has 3 rings (SSSR count). The van der Waals surface area contributed by atoms with Gasteiger partial charge >= 0.3 is 0 Å². The first-order valence-electron chi connectivity index (χ1n) is 7.66. The van der Waals surface area contributed by atoms with Crippen molar-refractivity contribution in [3.8, 4) is 0 Å². The molecule has 0 spiro atoms. The van der Waals surface area contributed by atoms with Gasteiger partial charge in [-0.2, -0.15) is 4.98 Å². The van der Waals surface area contributed by atoms with Gasteiger partial charge in [-0.1, -0.05) is 32.4 Å². The summed E-state index contributed by atoms with van der Waals surface area (Å²) in [5.74, 6) is 0.544. The molecule has 0 aliphatic carbocycles. The molecule has 2 heterocycles. The molecule has 1 unspecified atom stereocenters. The summed E-state index contributed by atoms with van der Waals surface area (Å²) in [4.78, 5) is 6.97. The maximum absolute atomic E-state index is 6.17. The highest BCUT2D eigenvalue weighted by Crippen LogP contribution is 2.30. The van der Waals surface area contributed by atoms with Gasteiger partial charge in [-0.15, -0.1) is 0 Å². The van der Waals surface area contributed by atoms with Gasteiger partial charge in [0.1, 0.15) is 5.52 Å². The Kier molecular flexibility index (Phi) is 4.09. The highest BCUT2D eigenvalue weighted by molar-refractivity contribution is 6.31. The molecule has 21 heavy (non-hydrogen) atoms. The predicted molar refractivity (Wildman–Crippen MR) is 87.2 cm³/mol. The minimum atomic E-state index is 0.410. The van der Waals surface area contributed by atoms with Crippen molar-refractivity contribution in [3.05, 3.63) is 22.7 Å². The van der Waals surface area contributed by atoms with Crippen molar-refractivity contribution in [2.45, 2.75) is 33.2 Å². The van der Waals surface area contributed by atoms with Gasteiger partial charge < -0.3 is 14.6 Å². The third-order valence-electron chi connectivity index (χ3n) is 4.20. The van der Waals surface area contributed by atoms with Crippen LogP contribution in [-0.2, 0) is 6.42 Å². The van der Waals surface area contributed by atoms with Crippen LogP contribution in [0.1, 0.15) is 26.3 Å². The van der Waals surface area contributed by atoms with Gasteiger partial charge in [-0.25, -0.2) is 0 Å². The number of aromatic nitrogens is 1. The van der Waals surface area contributed by atoms with Crippen LogP contribution < -0.4 is 10.2 Å². The molecule has 114 valence electrons. The minimum Gasteiger partial charge on any atom is -0.423 e. The van der Waals surface area contributed by atoms with Crippen LogP contribution in [0.4, 0.5) is 6.01 Å². The van der Waals surface area contributed by atoms with E-state index in [2.05, 4.69) is 36.0 Å². The molecule has 1 aliphatic heterocycles. The summed E-state index contributed by atoms with van der Waals surface area (Å²) >= 11 is 6.17. The van der Waals surface area contributed by atoms with Crippen LogP contribution >= 0.6 is 11.6 Å². The van der Waals surface area contributed by atoms with Crippen LogP contribution in [0, 0.1) is 5.92 Å². The van der Waals surface area contributed by atoms with Crippen molar-refractivity contribution in [3.63, 3.8) is 0 Å². The van der Waals surface area contributed by atoms with E-state index in [4.69, 9.17) is 16.0 Å². The van der Waals surface area contributed by atoms with Gasteiger partial charge in [0.25, 0.3) is 6.01 Å². The second-order valence-electron chi connectivity index (χ2n) is 5.97. The topological polar surface area (TPSA) is 41.3 Å². The normalized spacial score (nSPS) is 19.7. The van der Waals surface area contributed by atoms with Crippen molar-refractivity contribution in [1.29, 1.82) is 0 Å². The summed E-state index contributed by atoms with van der Waals surface area (Å²) in [5.41, 5.74) is 2.85. The van der Waals surface area contributed by atoms with Crippen molar-refractivity contribution in [1.82, 2.24) is 10.3 Å². The predicted octanol–water partition coefficient (Wildman–Crippen LogP) is 3.48. The zero-order valence-electron chi connectivity index (χ0n) is 12.8. The lowest BCUT2D eigenvalue weighted by Gasteiger charge is -2.37. The number of halogens is 1. The molecule has 1 saturated heterocycles. The number of fused-ring (bicyclic) bond motifs is 1. The molecule has 1 aliphatic rings. The zero-order chi connectivity index (χ0) is 15.0. The average Bonchev–Trinajstić information content (AvgIpc) is 2.89. The van der Waals surface area contributed by atoms with E-state index in [1.165, 1.54) is 0 Å². The SMILES string of the molecule is CCc1cc(Cl)cc2nc(N3CCNCC3C(C)C)oc12. The highest BCUT2D eigenvalue weighted by atomic mass is 35.5. The third kappa shape index (κ3) is 2.74. The van der Waals surface area contributed by atoms with E-state index < -0.39 is 0 Å². The molecule has 5 heteroatoms. The largest absolute Gasteiger partial charge is 0.423 e. The van der Waals surface area contributed by atoms with E-state index in [1.54, 1.807) is 0 Å². The number of hydrogen-bond acceptors (Lipinski definition) is 4. The summed E-state index contributed by atoms with van der Waals surface area (Å²) in [7, 11) is 0. The lowest BCUT2D eigenvalue weighted by Crippen LogP contribution is -2.53. The number of rotatable bonds is 3. The van der Waals surface area contributed by atoms with E-state index >= 15 is 0 Å². The molecule has 1 N–H and O–H groups in total. The first kappa shape index (κ1) is 14.7. The number of nitrogens with zero attached hydrogens (tertiary/aromatic N) is 2. The Bertz CT molecular complexity index is 638.